The maximum absolute atomic E-state index is 13.9. The molecule has 0 saturated carbocycles. The number of esters is 2. The van der Waals surface area contributed by atoms with Gasteiger partial charge in [-0.05, 0) is 135 Å². The average molecular weight is 1190 g/mol. The van der Waals surface area contributed by atoms with Gasteiger partial charge in [-0.1, -0.05) is 30.3 Å². The number of hydrogen-bond donors (Lipinski definition) is 7. The van der Waals surface area contributed by atoms with Crippen LogP contribution < -0.4 is 36.0 Å². The van der Waals surface area contributed by atoms with Crippen LogP contribution in [-0.4, -0.2) is 139 Å². The summed E-state index contributed by atoms with van der Waals surface area (Å²) in [6, 6.07) is 13.8. The number of aliphatic carboxylic acids is 1. The van der Waals surface area contributed by atoms with Crippen LogP contribution in [0.4, 0.5) is 4.79 Å². The van der Waals surface area contributed by atoms with Crippen LogP contribution in [0.3, 0.4) is 0 Å². The lowest BCUT2D eigenvalue weighted by molar-refractivity contribution is -0.156. The standard InChI is InChI=1S/C59H81N9O15S/c1-38-31-44(32-39(2)53(38)84(78,79)67-46(56(75)76)36-64-55(74)41-19-22-47-43(33-41)35-65-68(47)29-28-61-49-17-12-13-25-60-49)80-30-14-18-50(70)62-26-27-63-54(73)42(20-23-51(71)82-58(3,4)5)34-48(69)45(21-24-52(72)83-59(6,7)8)66-57(77)81-37-40-15-10-9-11-16-40/h9-11,15-16,19,22,31-33,35,42,45-46,67H,12-14,17-18,20-21,23-30,34,36-37H2,1-8H3,(H,60,61)(H,62,70)(H,63,73)(H,64,74)(H,66,77)(H,75,76). The minimum absolute atomic E-state index is 0.00232. The van der Waals surface area contributed by atoms with Crippen LogP contribution in [0.25, 0.3) is 10.9 Å². The molecule has 1 aliphatic rings. The third-order valence-electron chi connectivity index (χ3n) is 12.9. The monoisotopic (exact) mass is 1190 g/mol. The number of Topliss-reactive ketones (excluding diaryl/α,β-unsaturated/α-hetero) is 1. The summed E-state index contributed by atoms with van der Waals surface area (Å²) in [5.74, 6) is -4.66. The number of hydrogen-bond acceptors (Lipinski definition) is 17. The molecule has 1 aliphatic heterocycles. The van der Waals surface area contributed by atoms with Crippen LogP contribution in [0.1, 0.15) is 133 Å². The normalized spacial score (nSPS) is 13.7. The van der Waals surface area contributed by atoms with Gasteiger partial charge in [0.25, 0.3) is 5.91 Å². The first-order valence-corrected chi connectivity index (χ1v) is 29.6. The van der Waals surface area contributed by atoms with Gasteiger partial charge in [-0.25, -0.2) is 13.2 Å². The van der Waals surface area contributed by atoms with Crippen LogP contribution in [0.2, 0.25) is 0 Å². The highest BCUT2D eigenvalue weighted by Gasteiger charge is 2.32. The van der Waals surface area contributed by atoms with Gasteiger partial charge in [0.05, 0.1) is 41.6 Å². The summed E-state index contributed by atoms with van der Waals surface area (Å²) < 4.78 is 53.4. The molecule has 2 heterocycles. The largest absolute Gasteiger partial charge is 0.494 e. The van der Waals surface area contributed by atoms with Gasteiger partial charge in [-0.15, -0.1) is 0 Å². The number of alkyl carbamates (subject to hydrolysis) is 1. The molecule has 7 N–H and O–H groups in total. The number of carboxylic acids is 1. The highest BCUT2D eigenvalue weighted by atomic mass is 32.2. The van der Waals surface area contributed by atoms with Gasteiger partial charge in [-0.3, -0.25) is 43.2 Å². The summed E-state index contributed by atoms with van der Waals surface area (Å²) in [6.07, 6.45) is 2.95. The second-order valence-electron chi connectivity index (χ2n) is 22.4. The lowest BCUT2D eigenvalue weighted by atomic mass is 9.91. The molecule has 84 heavy (non-hydrogen) atoms. The number of sulfonamides is 1. The van der Waals surface area contributed by atoms with Crippen LogP contribution in [0.5, 0.6) is 5.75 Å². The third-order valence-corrected chi connectivity index (χ3v) is 14.7. The van der Waals surface area contributed by atoms with Crippen molar-refractivity contribution in [3.63, 3.8) is 0 Å². The molecule has 0 fully saturated rings. The number of aliphatic imine (C=N–C) groups is 1. The summed E-state index contributed by atoms with van der Waals surface area (Å²) >= 11 is 0. The van der Waals surface area contributed by atoms with E-state index in [-0.39, 0.29) is 92.3 Å². The zero-order chi connectivity index (χ0) is 61.6. The van der Waals surface area contributed by atoms with Crippen LogP contribution in [0, 0.1) is 19.8 Å². The molecule has 5 rings (SSSR count). The number of carboxylic acid groups (broad SMARTS) is 1. The molecular formula is C59H81N9O15S. The van der Waals surface area contributed by atoms with Gasteiger partial charge in [0.1, 0.15) is 29.6 Å². The maximum atomic E-state index is 13.9. The minimum Gasteiger partial charge on any atom is -0.494 e. The van der Waals surface area contributed by atoms with Crippen molar-refractivity contribution in [2.45, 2.75) is 161 Å². The van der Waals surface area contributed by atoms with E-state index in [4.69, 9.17) is 18.9 Å². The van der Waals surface area contributed by atoms with E-state index in [0.717, 1.165) is 37.2 Å². The minimum atomic E-state index is -4.45. The zero-order valence-corrected chi connectivity index (χ0v) is 50.0. The number of aryl methyl sites for hydroxylation is 2. The van der Waals surface area contributed by atoms with E-state index in [9.17, 15) is 51.9 Å². The van der Waals surface area contributed by atoms with Crippen LogP contribution in [0.15, 0.2) is 76.7 Å². The first-order valence-electron chi connectivity index (χ1n) is 28.1. The topological polar surface area (TPSA) is 330 Å². The molecule has 3 aromatic carbocycles. The molecule has 3 atom stereocenters. The molecule has 0 saturated heterocycles. The number of carbonyl (C=O) groups is 8. The van der Waals surface area contributed by atoms with Crippen molar-refractivity contribution >= 4 is 74.3 Å². The van der Waals surface area contributed by atoms with E-state index in [2.05, 4.69) is 41.4 Å². The molecule has 4 amide bonds. The Hall–Kier alpha value is -7.93. The Labute approximate surface area is 490 Å². The van der Waals surface area contributed by atoms with Crippen molar-refractivity contribution in [3.05, 3.63) is 89.1 Å². The predicted molar refractivity (Wildman–Crippen MR) is 311 cm³/mol. The van der Waals surface area contributed by atoms with Gasteiger partial charge in [0.2, 0.25) is 21.8 Å². The molecule has 24 nitrogen and oxygen atoms in total. The van der Waals surface area contributed by atoms with E-state index in [0.29, 0.717) is 29.8 Å². The number of ether oxygens (including phenoxy) is 4. The number of nitrogens with zero attached hydrogens (tertiary/aromatic N) is 3. The van der Waals surface area contributed by atoms with Crippen LogP contribution in [-0.2, 0) is 66.2 Å². The van der Waals surface area contributed by atoms with E-state index >= 15 is 0 Å². The lowest BCUT2D eigenvalue weighted by Gasteiger charge is -2.23. The van der Waals surface area contributed by atoms with Gasteiger partial charge < -0.3 is 50.6 Å². The van der Waals surface area contributed by atoms with Crippen molar-refractivity contribution in [3.8, 4) is 5.75 Å². The fraction of sp³-hybridized carbons (Fsp3) is 0.525. The molecule has 0 spiro atoms. The Morgan fingerprint density at radius 2 is 1.44 bits per heavy atom. The number of rotatable bonds is 31. The van der Waals surface area contributed by atoms with Crippen molar-refractivity contribution < 1.29 is 70.8 Å². The van der Waals surface area contributed by atoms with E-state index in [1.165, 1.54) is 26.0 Å². The average Bonchev–Trinajstić information content (AvgIpc) is 2.66. The molecule has 1 aromatic heterocycles. The van der Waals surface area contributed by atoms with Gasteiger partial charge in [0.15, 0.2) is 5.78 Å². The summed E-state index contributed by atoms with van der Waals surface area (Å²) in [5.41, 5.74) is 0.625. The summed E-state index contributed by atoms with van der Waals surface area (Å²) in [4.78, 5) is 109. The smallest absolute Gasteiger partial charge is 0.408 e. The van der Waals surface area contributed by atoms with Crippen LogP contribution >= 0.6 is 0 Å². The molecular weight excluding hydrogens is 1110 g/mol. The Morgan fingerprint density at radius 1 is 0.774 bits per heavy atom. The molecule has 0 bridgehead atoms. The molecule has 25 heteroatoms. The number of ketones is 1. The Kier molecular flexibility index (Phi) is 25.2. The molecule has 458 valence electrons. The van der Waals surface area contributed by atoms with E-state index in [1.807, 2.05) is 4.68 Å². The van der Waals surface area contributed by atoms with Gasteiger partial charge >= 0.3 is 24.0 Å². The number of amides is 4. The first-order chi connectivity index (χ1) is 39.7. The zero-order valence-electron chi connectivity index (χ0n) is 49.2. The number of nitrogens with one attached hydrogen (secondary N) is 6. The number of fused-ring (bicyclic) bond motifs is 1. The number of carbonyl (C=O) groups excluding carboxylic acids is 7. The lowest BCUT2D eigenvalue weighted by Crippen LogP contribution is -2.48. The Balaban J connectivity index is 1.08. The first kappa shape index (κ1) is 66.9. The maximum Gasteiger partial charge on any atom is 0.408 e. The summed E-state index contributed by atoms with van der Waals surface area (Å²) in [7, 11) is -4.45. The van der Waals surface area contributed by atoms with E-state index in [1.54, 1.807) is 96.3 Å². The fourth-order valence-corrected chi connectivity index (χ4v) is 10.7. The van der Waals surface area contributed by atoms with Crippen molar-refractivity contribution in [2.24, 2.45) is 10.9 Å². The molecule has 0 radical (unpaired) electrons. The quantitative estimate of drug-likeness (QED) is 0.0186. The summed E-state index contributed by atoms with van der Waals surface area (Å²) in [5, 5.41) is 29.0. The number of benzene rings is 3. The van der Waals surface area contributed by atoms with Crippen molar-refractivity contribution in [2.75, 3.05) is 39.3 Å². The number of amidine groups is 1. The second kappa shape index (κ2) is 31.7. The molecule has 0 aliphatic carbocycles. The summed E-state index contributed by atoms with van der Waals surface area (Å²) in [6.45, 7) is 14.6. The molecule has 4 aromatic rings. The SMILES string of the molecule is Cc1cc(OCCCC(=O)NCCNC(=O)C(CCC(=O)OC(C)(C)C)CC(=O)C(CCC(=O)OC(C)(C)C)NC(=O)OCc2ccccc2)cc(C)c1S(=O)(=O)NC(CNC(=O)c1ccc2c(cnn2CCNC2=NCCCC2)c1)C(=O)O. The van der Waals surface area contributed by atoms with Crippen molar-refractivity contribution in [1.82, 2.24) is 41.1 Å². The third kappa shape index (κ3) is 23.0. The predicted octanol–water partition coefficient (Wildman–Crippen LogP) is 5.49. The molecule has 3 unspecified atom stereocenters. The second-order valence-corrected chi connectivity index (χ2v) is 24.1. The highest BCUT2D eigenvalue weighted by molar-refractivity contribution is 7.89. The van der Waals surface area contributed by atoms with Crippen molar-refractivity contribution in [1.29, 1.82) is 0 Å². The highest BCUT2D eigenvalue weighted by Crippen LogP contribution is 2.27. The van der Waals surface area contributed by atoms with Gasteiger partial charge in [-0.2, -0.15) is 9.82 Å². The van der Waals surface area contributed by atoms with Gasteiger partial charge in [0, 0.05) is 81.7 Å². The Morgan fingerprint density at radius 3 is 2.08 bits per heavy atom. The van der Waals surface area contributed by atoms with E-state index < -0.39 is 93.8 Å². The Bertz CT molecular complexity index is 3070. The number of aromatic nitrogens is 2. The fourth-order valence-electron chi connectivity index (χ4n) is 9.01.